The quantitative estimate of drug-likeness (QED) is 0.738. The second kappa shape index (κ2) is 6.95. The lowest BCUT2D eigenvalue weighted by Crippen LogP contribution is -2.54. The van der Waals surface area contributed by atoms with Crippen LogP contribution in [0, 0.1) is 5.82 Å². The average Bonchev–Trinajstić information content (AvgIpc) is 3.03. The number of nitrogens with zero attached hydrogens (tertiary/aromatic N) is 1. The van der Waals surface area contributed by atoms with E-state index in [0.29, 0.717) is 12.1 Å². The third-order valence-corrected chi connectivity index (χ3v) is 6.21. The second-order valence-corrected chi connectivity index (χ2v) is 8.47. The fourth-order valence-electron chi connectivity index (χ4n) is 3.65. The number of aromatic amines is 1. The summed E-state index contributed by atoms with van der Waals surface area (Å²) in [5.41, 5.74) is 2.81. The largest absolute Gasteiger partial charge is 0.360 e. The van der Waals surface area contributed by atoms with Crippen LogP contribution in [0.25, 0.3) is 22.0 Å². The molecule has 0 spiro atoms. The summed E-state index contributed by atoms with van der Waals surface area (Å²) >= 11 is 0. The molecule has 1 aromatic heterocycles. The Bertz CT molecular complexity index is 943. The molecule has 3 atom stereocenters. The van der Waals surface area contributed by atoms with Gasteiger partial charge in [0.1, 0.15) is 16.8 Å². The number of fused-ring (bicyclic) bond motifs is 1. The van der Waals surface area contributed by atoms with Gasteiger partial charge in [-0.15, -0.1) is 0 Å². The second-order valence-electron chi connectivity index (χ2n) is 6.98. The van der Waals surface area contributed by atoms with Crippen LogP contribution in [0.1, 0.15) is 13.8 Å². The lowest BCUT2D eigenvalue weighted by molar-refractivity contribution is 0.272. The minimum Gasteiger partial charge on any atom is -0.360 e. The Kier molecular flexibility index (Phi) is 4.65. The van der Waals surface area contributed by atoms with Gasteiger partial charge in [0, 0.05) is 47.8 Å². The summed E-state index contributed by atoms with van der Waals surface area (Å²) in [6.07, 6.45) is 1.88. The van der Waals surface area contributed by atoms with E-state index in [0.717, 1.165) is 40.0 Å². The highest BCUT2D eigenvalue weighted by atomic mass is 32.2. The van der Waals surface area contributed by atoms with Crippen molar-refractivity contribution in [3.63, 3.8) is 0 Å². The van der Waals surface area contributed by atoms with E-state index in [4.69, 9.17) is 0 Å². The number of H-pyrrole nitrogens is 1. The third-order valence-electron chi connectivity index (χ3n) is 4.77. The zero-order valence-corrected chi connectivity index (χ0v) is 15.6. The van der Waals surface area contributed by atoms with Crippen LogP contribution in [0.4, 0.5) is 4.39 Å². The Hall–Kier alpha value is -2.02. The smallest absolute Gasteiger partial charge is 0.127 e. The Balaban J connectivity index is 1.59. The molecule has 26 heavy (non-hydrogen) atoms. The summed E-state index contributed by atoms with van der Waals surface area (Å²) in [7, 11) is -1.16. The normalized spacial score (nSPS) is 22.6. The Morgan fingerprint density at radius 3 is 2.46 bits per heavy atom. The van der Waals surface area contributed by atoms with Crippen molar-refractivity contribution in [2.45, 2.75) is 30.8 Å². The molecule has 4 nitrogen and oxygen atoms in total. The number of halogens is 1. The van der Waals surface area contributed by atoms with Crippen molar-refractivity contribution < 1.29 is 8.60 Å². The van der Waals surface area contributed by atoms with E-state index in [1.807, 2.05) is 34.8 Å². The molecule has 0 aliphatic carbocycles. The van der Waals surface area contributed by atoms with Gasteiger partial charge in [0.2, 0.25) is 0 Å². The maximum atomic E-state index is 13.4. The predicted octanol–water partition coefficient (Wildman–Crippen LogP) is 3.68. The van der Waals surface area contributed by atoms with Crippen molar-refractivity contribution in [3.05, 3.63) is 54.5 Å². The summed E-state index contributed by atoms with van der Waals surface area (Å²) in [5, 5.41) is 4.43. The third kappa shape index (κ3) is 3.32. The molecule has 1 aliphatic rings. The summed E-state index contributed by atoms with van der Waals surface area (Å²) in [6.45, 7) is 5.77. The summed E-state index contributed by atoms with van der Waals surface area (Å²) in [5.74, 6) is -0.254. The Morgan fingerprint density at radius 1 is 1.08 bits per heavy atom. The van der Waals surface area contributed by atoms with Crippen LogP contribution in [-0.4, -0.2) is 38.7 Å². The van der Waals surface area contributed by atoms with Crippen molar-refractivity contribution in [2.75, 3.05) is 13.1 Å². The molecule has 2 aromatic carbocycles. The van der Waals surface area contributed by atoms with Gasteiger partial charge in [-0.05, 0) is 49.7 Å². The summed E-state index contributed by atoms with van der Waals surface area (Å²) < 4.78 is 28.3. The van der Waals surface area contributed by atoms with Gasteiger partial charge < -0.3 is 10.3 Å². The fraction of sp³-hybridized carbons (Fsp3) is 0.300. The van der Waals surface area contributed by atoms with Gasteiger partial charge in [0.05, 0.1) is 4.90 Å². The maximum Gasteiger partial charge on any atom is 0.127 e. The minimum absolute atomic E-state index is 0.254. The van der Waals surface area contributed by atoms with Gasteiger partial charge in [-0.25, -0.2) is 12.9 Å². The average molecular weight is 371 g/mol. The van der Waals surface area contributed by atoms with E-state index in [-0.39, 0.29) is 5.82 Å². The molecule has 0 saturated carbocycles. The standard InChI is InChI=1S/C20H22FN3OS/c1-13-11-24(12-14(2)23-13)26(25)17-6-3-15(4-7-17)19-10-22-20-9-16(21)5-8-18(19)20/h3-10,13-14,22-23H,11-12H2,1-2H3/t13-,14?,26?/m0/s1. The summed E-state index contributed by atoms with van der Waals surface area (Å²) in [6, 6.07) is 13.2. The molecule has 136 valence electrons. The number of benzene rings is 2. The van der Waals surface area contributed by atoms with Crippen LogP contribution in [0.5, 0.6) is 0 Å². The topological polar surface area (TPSA) is 48.1 Å². The van der Waals surface area contributed by atoms with Gasteiger partial charge in [-0.3, -0.25) is 0 Å². The zero-order chi connectivity index (χ0) is 18.3. The van der Waals surface area contributed by atoms with Gasteiger partial charge in [0.25, 0.3) is 0 Å². The van der Waals surface area contributed by atoms with Gasteiger partial charge in [0.15, 0.2) is 0 Å². The lowest BCUT2D eigenvalue weighted by Gasteiger charge is -2.34. The molecule has 0 amide bonds. The van der Waals surface area contributed by atoms with Gasteiger partial charge in [-0.1, -0.05) is 12.1 Å². The van der Waals surface area contributed by atoms with Crippen molar-refractivity contribution >= 4 is 21.9 Å². The van der Waals surface area contributed by atoms with Crippen LogP contribution in [0.3, 0.4) is 0 Å². The lowest BCUT2D eigenvalue weighted by atomic mass is 10.1. The molecule has 1 aliphatic heterocycles. The first-order valence-corrected chi connectivity index (χ1v) is 9.92. The Morgan fingerprint density at radius 2 is 1.77 bits per heavy atom. The van der Waals surface area contributed by atoms with Crippen molar-refractivity contribution in [3.8, 4) is 11.1 Å². The molecule has 3 aromatic rings. The van der Waals surface area contributed by atoms with Crippen LogP contribution >= 0.6 is 0 Å². The number of aromatic nitrogens is 1. The Labute approximate surface area is 155 Å². The zero-order valence-electron chi connectivity index (χ0n) is 14.8. The monoisotopic (exact) mass is 371 g/mol. The van der Waals surface area contributed by atoms with Crippen molar-refractivity contribution in [1.82, 2.24) is 14.6 Å². The first-order chi connectivity index (χ1) is 12.5. The van der Waals surface area contributed by atoms with E-state index in [2.05, 4.69) is 24.1 Å². The highest BCUT2D eigenvalue weighted by Crippen LogP contribution is 2.29. The first kappa shape index (κ1) is 17.4. The highest BCUT2D eigenvalue weighted by molar-refractivity contribution is 7.82. The molecule has 2 unspecified atom stereocenters. The molecule has 0 radical (unpaired) electrons. The predicted molar refractivity (Wildman–Crippen MR) is 104 cm³/mol. The SMILES string of the molecule is CC1CN(S(=O)c2ccc(-c3c[nH]c4cc(F)ccc34)cc2)C[C@H](C)N1. The highest BCUT2D eigenvalue weighted by Gasteiger charge is 2.25. The molecule has 4 rings (SSSR count). The molecule has 2 heterocycles. The number of hydrogen-bond acceptors (Lipinski definition) is 2. The van der Waals surface area contributed by atoms with E-state index in [1.54, 1.807) is 6.07 Å². The molecule has 0 bridgehead atoms. The van der Waals surface area contributed by atoms with Crippen LogP contribution in [0.15, 0.2) is 53.6 Å². The number of nitrogens with one attached hydrogen (secondary N) is 2. The number of rotatable bonds is 3. The van der Waals surface area contributed by atoms with E-state index in [9.17, 15) is 8.60 Å². The summed E-state index contributed by atoms with van der Waals surface area (Å²) in [4.78, 5) is 3.92. The van der Waals surface area contributed by atoms with Crippen LogP contribution in [0.2, 0.25) is 0 Å². The molecule has 2 N–H and O–H groups in total. The van der Waals surface area contributed by atoms with E-state index >= 15 is 0 Å². The van der Waals surface area contributed by atoms with E-state index < -0.39 is 11.0 Å². The van der Waals surface area contributed by atoms with Gasteiger partial charge in [-0.2, -0.15) is 0 Å². The molecular weight excluding hydrogens is 349 g/mol. The van der Waals surface area contributed by atoms with Crippen LogP contribution < -0.4 is 5.32 Å². The van der Waals surface area contributed by atoms with E-state index in [1.165, 1.54) is 12.1 Å². The van der Waals surface area contributed by atoms with Crippen molar-refractivity contribution in [1.29, 1.82) is 0 Å². The number of hydrogen-bond donors (Lipinski definition) is 2. The first-order valence-electron chi connectivity index (χ1n) is 8.81. The molecular formula is C20H22FN3OS. The maximum absolute atomic E-state index is 13.4. The fourth-order valence-corrected chi connectivity index (χ4v) is 5.03. The molecule has 1 saturated heterocycles. The molecule has 6 heteroatoms. The number of piperazine rings is 1. The van der Waals surface area contributed by atoms with Crippen molar-refractivity contribution in [2.24, 2.45) is 0 Å². The van der Waals surface area contributed by atoms with Gasteiger partial charge >= 0.3 is 0 Å². The molecule has 1 fully saturated rings. The van der Waals surface area contributed by atoms with Crippen LogP contribution in [-0.2, 0) is 11.0 Å². The minimum atomic E-state index is -1.16.